The lowest BCUT2D eigenvalue weighted by Gasteiger charge is -2.19. The molecule has 7 heteroatoms. The van der Waals surface area contributed by atoms with Gasteiger partial charge < -0.3 is 11.1 Å². The number of anilines is 2. The molecular weight excluding hydrogens is 350 g/mol. The fraction of sp³-hybridized carbons (Fsp3) is 0.0952. The number of nitrogen functional groups attached to an aromatic ring is 1. The van der Waals surface area contributed by atoms with E-state index in [1.54, 1.807) is 6.20 Å². The van der Waals surface area contributed by atoms with Crippen molar-refractivity contribution in [3.05, 3.63) is 72.3 Å². The molecule has 0 fully saturated rings. The third kappa shape index (κ3) is 3.19. The Labute approximate surface area is 161 Å². The Morgan fingerprint density at radius 1 is 1.04 bits per heavy atom. The van der Waals surface area contributed by atoms with Crippen molar-refractivity contribution in [1.29, 1.82) is 5.26 Å². The molecule has 0 aliphatic heterocycles. The summed E-state index contributed by atoms with van der Waals surface area (Å²) in [6, 6.07) is 17.6. The summed E-state index contributed by atoms with van der Waals surface area (Å²) in [6.45, 7) is 1.97. The van der Waals surface area contributed by atoms with Crippen LogP contribution in [0.4, 0.5) is 11.6 Å². The van der Waals surface area contributed by atoms with Crippen molar-refractivity contribution in [3.8, 4) is 17.2 Å². The van der Waals surface area contributed by atoms with E-state index >= 15 is 0 Å². The molecule has 0 saturated carbocycles. The van der Waals surface area contributed by atoms with E-state index in [1.807, 2.05) is 55.5 Å². The molecule has 136 valence electrons. The Morgan fingerprint density at radius 2 is 1.86 bits per heavy atom. The highest BCUT2D eigenvalue weighted by molar-refractivity contribution is 5.82. The van der Waals surface area contributed by atoms with Crippen LogP contribution >= 0.6 is 0 Å². The van der Waals surface area contributed by atoms with Crippen LogP contribution in [0.15, 0.2) is 61.1 Å². The Hall–Kier alpha value is -4.05. The van der Waals surface area contributed by atoms with Gasteiger partial charge in [0.05, 0.1) is 22.8 Å². The minimum Gasteiger partial charge on any atom is -0.382 e. The van der Waals surface area contributed by atoms with E-state index in [0.717, 1.165) is 27.9 Å². The summed E-state index contributed by atoms with van der Waals surface area (Å²) in [5.41, 5.74) is 10.5. The summed E-state index contributed by atoms with van der Waals surface area (Å²) in [4.78, 5) is 17.3. The van der Waals surface area contributed by atoms with Crippen molar-refractivity contribution < 1.29 is 0 Å². The van der Waals surface area contributed by atoms with Crippen molar-refractivity contribution >= 4 is 22.7 Å². The zero-order valence-corrected chi connectivity index (χ0v) is 15.2. The zero-order chi connectivity index (χ0) is 19.5. The van der Waals surface area contributed by atoms with Crippen LogP contribution in [0, 0.1) is 11.3 Å². The number of aromatic nitrogens is 4. The molecule has 0 radical (unpaired) electrons. The average molecular weight is 367 g/mol. The van der Waals surface area contributed by atoms with Crippen LogP contribution in [0.5, 0.6) is 0 Å². The van der Waals surface area contributed by atoms with Crippen LogP contribution in [-0.4, -0.2) is 19.9 Å². The van der Waals surface area contributed by atoms with E-state index in [-0.39, 0.29) is 17.4 Å². The summed E-state index contributed by atoms with van der Waals surface area (Å²) in [5.74, 6) is 0.528. The highest BCUT2D eigenvalue weighted by Crippen LogP contribution is 2.31. The molecule has 0 unspecified atom stereocenters. The van der Waals surface area contributed by atoms with Gasteiger partial charge in [-0.25, -0.2) is 15.0 Å². The number of benzene rings is 1. The summed E-state index contributed by atoms with van der Waals surface area (Å²) >= 11 is 0. The molecule has 4 aromatic rings. The molecule has 1 aromatic carbocycles. The molecule has 3 aromatic heterocycles. The van der Waals surface area contributed by atoms with Gasteiger partial charge in [0.25, 0.3) is 0 Å². The van der Waals surface area contributed by atoms with E-state index in [4.69, 9.17) is 10.7 Å². The van der Waals surface area contributed by atoms with Gasteiger partial charge in [0, 0.05) is 11.8 Å². The lowest BCUT2D eigenvalue weighted by molar-refractivity contribution is 0.838. The largest absolute Gasteiger partial charge is 0.382 e. The second-order valence-corrected chi connectivity index (χ2v) is 6.29. The Kier molecular flexibility index (Phi) is 4.52. The molecule has 0 saturated heterocycles. The number of pyridine rings is 2. The first-order valence-electron chi connectivity index (χ1n) is 8.75. The number of nitrogens with two attached hydrogens (primary N) is 1. The van der Waals surface area contributed by atoms with Crippen LogP contribution in [0.25, 0.3) is 22.2 Å². The number of hydrogen-bond donors (Lipinski definition) is 2. The highest BCUT2D eigenvalue weighted by atomic mass is 15.1. The van der Waals surface area contributed by atoms with E-state index in [0.29, 0.717) is 5.82 Å². The maximum absolute atomic E-state index is 9.38. The van der Waals surface area contributed by atoms with Gasteiger partial charge in [-0.2, -0.15) is 5.26 Å². The van der Waals surface area contributed by atoms with Gasteiger partial charge in [0.2, 0.25) is 0 Å². The van der Waals surface area contributed by atoms with Crippen LogP contribution in [0.3, 0.4) is 0 Å². The predicted molar refractivity (Wildman–Crippen MR) is 108 cm³/mol. The summed E-state index contributed by atoms with van der Waals surface area (Å²) in [6.07, 6.45) is 3.09. The molecule has 4 rings (SSSR count). The molecule has 0 amide bonds. The summed E-state index contributed by atoms with van der Waals surface area (Å²) in [5, 5.41) is 12.6. The molecule has 28 heavy (non-hydrogen) atoms. The second-order valence-electron chi connectivity index (χ2n) is 6.29. The normalized spacial score (nSPS) is 11.7. The minimum absolute atomic E-state index is 0.145. The SMILES string of the molecule is C[C@H](Nc1ncnc(N)c1C#N)c1nc2cccnc2cc1-c1ccccc1. The standard InChI is InChI=1S/C21H17N7/c1-13(27-21-16(11-22)20(23)25-12-26-21)19-15(14-6-3-2-4-7-14)10-18-17(28-19)8-5-9-24-18/h2-10,12-13H,1H3,(H3,23,25,26,27)/t13-/m0/s1. The third-order valence-electron chi connectivity index (χ3n) is 4.45. The van der Waals surface area contributed by atoms with Gasteiger partial charge >= 0.3 is 0 Å². The van der Waals surface area contributed by atoms with E-state index in [2.05, 4.69) is 26.3 Å². The molecule has 0 bridgehead atoms. The van der Waals surface area contributed by atoms with Crippen LogP contribution < -0.4 is 11.1 Å². The van der Waals surface area contributed by atoms with Gasteiger partial charge in [0.1, 0.15) is 29.6 Å². The predicted octanol–water partition coefficient (Wildman–Crippen LogP) is 3.71. The number of rotatable bonds is 4. The average Bonchev–Trinajstić information content (AvgIpc) is 2.73. The molecular formula is C21H17N7. The number of fused-ring (bicyclic) bond motifs is 1. The Morgan fingerprint density at radius 3 is 2.64 bits per heavy atom. The third-order valence-corrected chi connectivity index (χ3v) is 4.45. The molecule has 0 spiro atoms. The van der Waals surface area contributed by atoms with Gasteiger partial charge in [-0.1, -0.05) is 30.3 Å². The van der Waals surface area contributed by atoms with Crippen LogP contribution in [0.2, 0.25) is 0 Å². The molecule has 1 atom stereocenters. The summed E-state index contributed by atoms with van der Waals surface area (Å²) in [7, 11) is 0. The van der Waals surface area contributed by atoms with E-state index in [9.17, 15) is 5.26 Å². The van der Waals surface area contributed by atoms with Crippen molar-refractivity contribution in [3.63, 3.8) is 0 Å². The maximum atomic E-state index is 9.38. The number of hydrogen-bond acceptors (Lipinski definition) is 7. The van der Waals surface area contributed by atoms with Gasteiger partial charge in [-0.15, -0.1) is 0 Å². The van der Waals surface area contributed by atoms with E-state index < -0.39 is 0 Å². The highest BCUT2D eigenvalue weighted by Gasteiger charge is 2.18. The molecule has 0 aliphatic rings. The Balaban J connectivity index is 1.83. The van der Waals surface area contributed by atoms with Crippen LogP contribution in [-0.2, 0) is 0 Å². The van der Waals surface area contributed by atoms with Crippen molar-refractivity contribution in [2.45, 2.75) is 13.0 Å². The molecule has 7 nitrogen and oxygen atoms in total. The number of nitrogens with zero attached hydrogens (tertiary/aromatic N) is 5. The van der Waals surface area contributed by atoms with Gasteiger partial charge in [-0.05, 0) is 30.7 Å². The zero-order valence-electron chi connectivity index (χ0n) is 15.2. The molecule has 3 N–H and O–H groups in total. The van der Waals surface area contributed by atoms with Crippen molar-refractivity contribution in [2.24, 2.45) is 0 Å². The number of nitriles is 1. The van der Waals surface area contributed by atoms with Crippen LogP contribution in [0.1, 0.15) is 24.2 Å². The maximum Gasteiger partial charge on any atom is 0.150 e. The fourth-order valence-electron chi connectivity index (χ4n) is 3.09. The molecule has 0 aliphatic carbocycles. The molecule has 3 heterocycles. The second kappa shape index (κ2) is 7.29. The van der Waals surface area contributed by atoms with E-state index in [1.165, 1.54) is 6.33 Å². The van der Waals surface area contributed by atoms with Gasteiger partial charge in [-0.3, -0.25) is 4.98 Å². The topological polar surface area (TPSA) is 113 Å². The van der Waals surface area contributed by atoms with Gasteiger partial charge in [0.15, 0.2) is 0 Å². The number of nitrogens with one attached hydrogen (secondary N) is 1. The quantitative estimate of drug-likeness (QED) is 0.565. The lowest BCUT2D eigenvalue weighted by atomic mass is 9.99. The van der Waals surface area contributed by atoms with Crippen molar-refractivity contribution in [2.75, 3.05) is 11.1 Å². The first-order chi connectivity index (χ1) is 13.7. The monoisotopic (exact) mass is 367 g/mol. The minimum atomic E-state index is -0.235. The van der Waals surface area contributed by atoms with Crippen molar-refractivity contribution in [1.82, 2.24) is 19.9 Å². The smallest absolute Gasteiger partial charge is 0.150 e. The fourth-order valence-corrected chi connectivity index (χ4v) is 3.09. The lowest BCUT2D eigenvalue weighted by Crippen LogP contribution is -2.13. The summed E-state index contributed by atoms with van der Waals surface area (Å²) < 4.78 is 0. The first-order valence-corrected chi connectivity index (χ1v) is 8.75. The Bertz CT molecular complexity index is 1180. The first kappa shape index (κ1) is 17.4.